The molecule has 0 heterocycles. The summed E-state index contributed by atoms with van der Waals surface area (Å²) in [5.74, 6) is 0.124. The van der Waals surface area contributed by atoms with E-state index in [2.05, 4.69) is 0 Å². The van der Waals surface area contributed by atoms with Crippen molar-refractivity contribution in [3.8, 4) is 0 Å². The highest BCUT2D eigenvalue weighted by molar-refractivity contribution is 5.15. The molecule has 0 aliphatic heterocycles. The minimum absolute atomic E-state index is 0.0898. The van der Waals surface area contributed by atoms with Crippen molar-refractivity contribution in [3.05, 3.63) is 11.6 Å². The van der Waals surface area contributed by atoms with Crippen molar-refractivity contribution < 1.29 is 13.2 Å². The molecule has 0 radical (unpaired) electrons. The highest BCUT2D eigenvalue weighted by Crippen LogP contribution is 2.53. The largest absolute Gasteiger partial charge is 0.412 e. The molecule has 1 rings (SSSR count). The molecule has 0 spiro atoms. The van der Waals surface area contributed by atoms with Crippen LogP contribution in [-0.2, 0) is 0 Å². The summed E-state index contributed by atoms with van der Waals surface area (Å²) in [7, 11) is 0. The summed E-state index contributed by atoms with van der Waals surface area (Å²) in [4.78, 5) is 0. The Labute approximate surface area is 70.5 Å². The molecular formula is C9H13F3. The zero-order chi connectivity index (χ0) is 9.57. The predicted molar refractivity (Wildman–Crippen MR) is 41.7 cm³/mol. The molecule has 1 atom stereocenters. The number of hydrogen-bond acceptors (Lipinski definition) is 0. The van der Waals surface area contributed by atoms with Crippen LogP contribution >= 0.6 is 0 Å². The normalized spacial score (nSPS) is 28.8. The van der Waals surface area contributed by atoms with Gasteiger partial charge in [0.15, 0.2) is 0 Å². The van der Waals surface area contributed by atoms with Crippen LogP contribution in [0.15, 0.2) is 11.6 Å². The van der Waals surface area contributed by atoms with Gasteiger partial charge >= 0.3 is 6.18 Å². The van der Waals surface area contributed by atoms with Gasteiger partial charge in [-0.05, 0) is 24.7 Å². The minimum Gasteiger partial charge on any atom is -0.167 e. The zero-order valence-electron chi connectivity index (χ0n) is 7.50. The van der Waals surface area contributed by atoms with Crippen LogP contribution in [0.25, 0.3) is 0 Å². The summed E-state index contributed by atoms with van der Waals surface area (Å²) in [6, 6.07) is 0. The van der Waals surface area contributed by atoms with Gasteiger partial charge in [0.2, 0.25) is 0 Å². The second-order valence-electron chi connectivity index (χ2n) is 4.15. The maximum Gasteiger partial charge on any atom is 0.412 e. The number of hydrogen-bond donors (Lipinski definition) is 0. The Morgan fingerprint density at radius 1 is 1.42 bits per heavy atom. The Bertz CT molecular complexity index is 210. The summed E-state index contributed by atoms with van der Waals surface area (Å²) in [5, 5.41) is 0. The van der Waals surface area contributed by atoms with E-state index >= 15 is 0 Å². The van der Waals surface area contributed by atoms with Gasteiger partial charge in [0.1, 0.15) is 0 Å². The average Bonchev–Trinajstić information content (AvgIpc) is 2.36. The van der Waals surface area contributed by atoms with Crippen molar-refractivity contribution in [1.29, 1.82) is 0 Å². The van der Waals surface area contributed by atoms with Crippen LogP contribution < -0.4 is 0 Å². The van der Waals surface area contributed by atoms with E-state index in [0.717, 1.165) is 13.3 Å². The van der Waals surface area contributed by atoms with Crippen LogP contribution in [0.5, 0.6) is 0 Å². The topological polar surface area (TPSA) is 0 Å². The molecule has 1 unspecified atom stereocenters. The second-order valence-corrected chi connectivity index (χ2v) is 4.15. The Kier molecular flexibility index (Phi) is 2.01. The molecule has 0 aromatic rings. The summed E-state index contributed by atoms with van der Waals surface area (Å²) in [5.41, 5.74) is -0.370. The number of rotatable bonds is 1. The summed E-state index contributed by atoms with van der Waals surface area (Å²) < 4.78 is 36.1. The Balaban J connectivity index is 2.60. The first-order chi connectivity index (χ1) is 5.23. The minimum atomic E-state index is -4.14. The smallest absolute Gasteiger partial charge is 0.167 e. The van der Waals surface area contributed by atoms with Gasteiger partial charge in [-0.1, -0.05) is 19.9 Å². The molecule has 0 amide bonds. The maximum atomic E-state index is 12.0. The Morgan fingerprint density at radius 2 is 1.83 bits per heavy atom. The fourth-order valence-corrected chi connectivity index (χ4v) is 1.19. The third-order valence-electron chi connectivity index (χ3n) is 2.49. The number of alkyl halides is 3. The van der Waals surface area contributed by atoms with Gasteiger partial charge in [0, 0.05) is 5.57 Å². The lowest BCUT2D eigenvalue weighted by molar-refractivity contribution is -0.0916. The van der Waals surface area contributed by atoms with E-state index < -0.39 is 11.7 Å². The van der Waals surface area contributed by atoms with Gasteiger partial charge in [0.05, 0.1) is 0 Å². The molecule has 1 aliphatic carbocycles. The van der Waals surface area contributed by atoms with Gasteiger partial charge in [-0.25, -0.2) is 0 Å². The van der Waals surface area contributed by atoms with Crippen molar-refractivity contribution in [2.24, 2.45) is 11.3 Å². The lowest BCUT2D eigenvalue weighted by Gasteiger charge is -2.06. The van der Waals surface area contributed by atoms with Gasteiger partial charge < -0.3 is 0 Å². The predicted octanol–water partition coefficient (Wildman–Crippen LogP) is 3.54. The van der Waals surface area contributed by atoms with E-state index in [1.54, 1.807) is 0 Å². The Morgan fingerprint density at radius 3 is 2.08 bits per heavy atom. The van der Waals surface area contributed by atoms with Gasteiger partial charge in [0.25, 0.3) is 0 Å². The molecule has 12 heavy (non-hydrogen) atoms. The van der Waals surface area contributed by atoms with Crippen LogP contribution in [-0.4, -0.2) is 6.18 Å². The molecule has 0 bridgehead atoms. The first-order valence-electron chi connectivity index (χ1n) is 3.99. The van der Waals surface area contributed by atoms with Crippen molar-refractivity contribution in [1.82, 2.24) is 0 Å². The molecule has 3 heteroatoms. The second kappa shape index (κ2) is 2.51. The third kappa shape index (κ3) is 2.02. The third-order valence-corrected chi connectivity index (χ3v) is 2.49. The maximum absolute atomic E-state index is 12.0. The van der Waals surface area contributed by atoms with Crippen LogP contribution in [0.1, 0.15) is 27.2 Å². The lowest BCUT2D eigenvalue weighted by atomic mass is 10.1. The quantitative estimate of drug-likeness (QED) is 0.539. The SMILES string of the molecule is C/C(=C\C1CC1(C)C)C(F)(F)F. The van der Waals surface area contributed by atoms with Gasteiger partial charge in [-0.2, -0.15) is 13.2 Å². The van der Waals surface area contributed by atoms with E-state index in [1.807, 2.05) is 13.8 Å². The van der Waals surface area contributed by atoms with Crippen molar-refractivity contribution in [3.63, 3.8) is 0 Å². The molecular weight excluding hydrogens is 165 g/mol. The van der Waals surface area contributed by atoms with E-state index in [-0.39, 0.29) is 11.3 Å². The molecule has 0 aromatic carbocycles. The summed E-state index contributed by atoms with van der Waals surface area (Å²) >= 11 is 0. The van der Waals surface area contributed by atoms with Crippen molar-refractivity contribution in [2.45, 2.75) is 33.4 Å². The van der Waals surface area contributed by atoms with Gasteiger partial charge in [-0.3, -0.25) is 0 Å². The highest BCUT2D eigenvalue weighted by Gasteiger charge is 2.45. The van der Waals surface area contributed by atoms with E-state index in [9.17, 15) is 13.2 Å². The fraction of sp³-hybridized carbons (Fsp3) is 0.778. The molecule has 1 saturated carbocycles. The van der Waals surface area contributed by atoms with E-state index in [4.69, 9.17) is 0 Å². The molecule has 70 valence electrons. The molecule has 0 nitrogen and oxygen atoms in total. The monoisotopic (exact) mass is 178 g/mol. The summed E-state index contributed by atoms with van der Waals surface area (Å²) in [6.45, 7) is 5.10. The highest BCUT2D eigenvalue weighted by atomic mass is 19.4. The summed E-state index contributed by atoms with van der Waals surface area (Å²) in [6.07, 6.45) is -1.92. The fourth-order valence-electron chi connectivity index (χ4n) is 1.19. The van der Waals surface area contributed by atoms with Crippen LogP contribution in [0.4, 0.5) is 13.2 Å². The molecule has 0 N–H and O–H groups in total. The Hall–Kier alpha value is -0.470. The molecule has 1 aliphatic rings. The molecule has 1 fully saturated rings. The number of halogens is 3. The first kappa shape index (κ1) is 9.62. The van der Waals surface area contributed by atoms with Crippen molar-refractivity contribution in [2.75, 3.05) is 0 Å². The van der Waals surface area contributed by atoms with E-state index in [0.29, 0.717) is 0 Å². The number of allylic oxidation sites excluding steroid dienone is 2. The lowest BCUT2D eigenvalue weighted by Crippen LogP contribution is -2.09. The van der Waals surface area contributed by atoms with Crippen molar-refractivity contribution >= 4 is 0 Å². The van der Waals surface area contributed by atoms with Crippen LogP contribution in [0.2, 0.25) is 0 Å². The molecule has 0 saturated heterocycles. The average molecular weight is 178 g/mol. The zero-order valence-corrected chi connectivity index (χ0v) is 7.50. The standard InChI is InChI=1S/C9H13F3/c1-6(9(10,11)12)4-7-5-8(7,2)3/h4,7H,5H2,1-3H3/b6-4+. The van der Waals surface area contributed by atoms with Crippen LogP contribution in [0, 0.1) is 11.3 Å². The van der Waals surface area contributed by atoms with E-state index in [1.165, 1.54) is 6.08 Å². The van der Waals surface area contributed by atoms with Crippen LogP contribution in [0.3, 0.4) is 0 Å². The first-order valence-corrected chi connectivity index (χ1v) is 3.99. The molecule has 0 aromatic heterocycles. The van der Waals surface area contributed by atoms with Gasteiger partial charge in [-0.15, -0.1) is 0 Å².